The number of fused-ring (bicyclic) bond motifs is 3. The number of hydrogen-bond acceptors (Lipinski definition) is 6. The lowest BCUT2D eigenvalue weighted by molar-refractivity contribution is -0.148. The molecule has 1 aromatic heterocycles. The third-order valence-corrected chi connectivity index (χ3v) is 5.71. The van der Waals surface area contributed by atoms with Crippen LogP contribution < -0.4 is 10.6 Å². The Morgan fingerprint density at radius 3 is 2.79 bits per heavy atom. The molecule has 1 aromatic carbocycles. The van der Waals surface area contributed by atoms with E-state index in [0.717, 1.165) is 28.5 Å². The van der Waals surface area contributed by atoms with E-state index in [9.17, 15) is 27.2 Å². The summed E-state index contributed by atoms with van der Waals surface area (Å²) in [6, 6.07) is 2.77. The molecule has 0 spiro atoms. The first-order valence-electron chi connectivity index (χ1n) is 10.6. The Morgan fingerprint density at radius 2 is 2.09 bits per heavy atom. The summed E-state index contributed by atoms with van der Waals surface area (Å²) in [5.74, 6) is -1.92. The number of benzene rings is 1. The van der Waals surface area contributed by atoms with Crippen LogP contribution in [0.15, 0.2) is 18.2 Å². The first-order valence-corrected chi connectivity index (χ1v) is 10.6. The van der Waals surface area contributed by atoms with Crippen molar-refractivity contribution in [1.29, 1.82) is 0 Å². The van der Waals surface area contributed by atoms with Crippen LogP contribution in [-0.2, 0) is 35.3 Å². The van der Waals surface area contributed by atoms with E-state index in [1.54, 1.807) is 4.68 Å². The zero-order valence-corrected chi connectivity index (χ0v) is 18.6. The third kappa shape index (κ3) is 4.99. The molecule has 9 nitrogen and oxygen atoms in total. The van der Waals surface area contributed by atoms with E-state index in [0.29, 0.717) is 25.2 Å². The van der Waals surface area contributed by atoms with Crippen LogP contribution >= 0.6 is 0 Å². The van der Waals surface area contributed by atoms with Crippen LogP contribution in [0.25, 0.3) is 0 Å². The van der Waals surface area contributed by atoms with Crippen molar-refractivity contribution in [1.82, 2.24) is 25.1 Å². The molecule has 2 amide bonds. The number of aromatic nitrogens is 2. The van der Waals surface area contributed by atoms with Crippen LogP contribution in [0.5, 0.6) is 0 Å². The lowest BCUT2D eigenvalue weighted by Gasteiger charge is -2.27. The standard InChI is InChI=1S/C21H24F4N6O3/c1-12(32)26-8-14-9-31-19(20(33)29(2)34-14)15-10-30(6-5-18(15)28-31)11-27-13-3-4-17(22)16(7-13)21(23,24)25/h3-4,7,14,27H,5-6,8-11H2,1-2H3,(H,26,32). The van der Waals surface area contributed by atoms with E-state index >= 15 is 0 Å². The van der Waals surface area contributed by atoms with Crippen molar-refractivity contribution in [2.45, 2.75) is 38.7 Å². The van der Waals surface area contributed by atoms with E-state index < -0.39 is 23.7 Å². The van der Waals surface area contributed by atoms with Crippen LogP contribution in [0.3, 0.4) is 0 Å². The van der Waals surface area contributed by atoms with Gasteiger partial charge in [-0.05, 0) is 18.2 Å². The van der Waals surface area contributed by atoms with Crippen molar-refractivity contribution >= 4 is 17.5 Å². The fourth-order valence-corrected chi connectivity index (χ4v) is 4.05. The molecule has 0 saturated heterocycles. The number of hydrogen-bond donors (Lipinski definition) is 2. The van der Waals surface area contributed by atoms with Gasteiger partial charge in [-0.2, -0.15) is 18.3 Å². The zero-order chi connectivity index (χ0) is 24.6. The summed E-state index contributed by atoms with van der Waals surface area (Å²) >= 11 is 0. The minimum Gasteiger partial charge on any atom is -0.372 e. The quantitative estimate of drug-likeness (QED) is 0.631. The molecular weight excluding hydrogens is 460 g/mol. The van der Waals surface area contributed by atoms with Gasteiger partial charge in [-0.1, -0.05) is 0 Å². The van der Waals surface area contributed by atoms with Crippen molar-refractivity contribution in [2.75, 3.05) is 32.1 Å². The maximum absolute atomic E-state index is 13.5. The average Bonchev–Trinajstić information content (AvgIpc) is 3.06. The molecule has 3 heterocycles. The van der Waals surface area contributed by atoms with Crippen molar-refractivity contribution in [2.24, 2.45) is 0 Å². The number of anilines is 1. The van der Waals surface area contributed by atoms with Crippen LogP contribution in [-0.4, -0.2) is 64.5 Å². The minimum absolute atomic E-state index is 0.137. The molecule has 2 aliphatic heterocycles. The number of carbonyl (C=O) groups is 2. The highest BCUT2D eigenvalue weighted by molar-refractivity contribution is 5.93. The molecule has 2 N–H and O–H groups in total. The molecule has 34 heavy (non-hydrogen) atoms. The second-order valence-electron chi connectivity index (χ2n) is 8.25. The Labute approximate surface area is 192 Å². The fourth-order valence-electron chi connectivity index (χ4n) is 4.05. The van der Waals surface area contributed by atoms with E-state index in [-0.39, 0.29) is 37.3 Å². The number of carbonyl (C=O) groups excluding carboxylic acids is 2. The van der Waals surface area contributed by atoms with Gasteiger partial charge in [0.1, 0.15) is 17.6 Å². The van der Waals surface area contributed by atoms with Crippen molar-refractivity contribution in [3.63, 3.8) is 0 Å². The Kier molecular flexibility index (Phi) is 6.49. The van der Waals surface area contributed by atoms with Gasteiger partial charge in [-0.25, -0.2) is 9.45 Å². The smallest absolute Gasteiger partial charge is 0.372 e. The van der Waals surface area contributed by atoms with Gasteiger partial charge < -0.3 is 10.6 Å². The Morgan fingerprint density at radius 1 is 1.32 bits per heavy atom. The number of nitrogens with one attached hydrogen (secondary N) is 2. The fraction of sp³-hybridized carbons (Fsp3) is 0.476. The van der Waals surface area contributed by atoms with Gasteiger partial charge in [0.25, 0.3) is 5.91 Å². The highest BCUT2D eigenvalue weighted by atomic mass is 19.4. The number of amides is 2. The maximum Gasteiger partial charge on any atom is 0.419 e. The molecule has 0 bridgehead atoms. The predicted molar refractivity (Wildman–Crippen MR) is 112 cm³/mol. The molecule has 0 aliphatic carbocycles. The molecule has 0 fully saturated rings. The highest BCUT2D eigenvalue weighted by Crippen LogP contribution is 2.33. The van der Waals surface area contributed by atoms with Gasteiger partial charge >= 0.3 is 6.18 Å². The molecule has 0 saturated carbocycles. The van der Waals surface area contributed by atoms with Crippen LogP contribution in [0, 0.1) is 5.82 Å². The molecule has 2 aliphatic rings. The van der Waals surface area contributed by atoms with Crippen molar-refractivity contribution in [3.05, 3.63) is 46.5 Å². The number of hydroxylamine groups is 2. The van der Waals surface area contributed by atoms with Gasteiger partial charge in [0, 0.05) is 51.3 Å². The summed E-state index contributed by atoms with van der Waals surface area (Å²) in [5.41, 5.74) is 0.688. The molecular formula is C21H24F4N6O3. The first kappa shape index (κ1) is 24.0. The van der Waals surface area contributed by atoms with Gasteiger partial charge in [-0.15, -0.1) is 0 Å². The van der Waals surface area contributed by atoms with Crippen LogP contribution in [0.2, 0.25) is 0 Å². The molecule has 184 valence electrons. The van der Waals surface area contributed by atoms with Crippen molar-refractivity contribution in [3.8, 4) is 0 Å². The molecule has 13 heteroatoms. The number of nitrogens with zero attached hydrogens (tertiary/aromatic N) is 4. The maximum atomic E-state index is 13.5. The van der Waals surface area contributed by atoms with E-state index in [1.807, 2.05) is 4.90 Å². The van der Waals surface area contributed by atoms with E-state index in [2.05, 4.69) is 15.7 Å². The largest absolute Gasteiger partial charge is 0.419 e. The Bertz CT molecular complexity index is 1100. The van der Waals surface area contributed by atoms with Crippen LogP contribution in [0.4, 0.5) is 23.2 Å². The Balaban J connectivity index is 1.48. The second-order valence-corrected chi connectivity index (χ2v) is 8.25. The monoisotopic (exact) mass is 484 g/mol. The first-order chi connectivity index (χ1) is 16.0. The summed E-state index contributed by atoms with van der Waals surface area (Å²) in [4.78, 5) is 31.8. The van der Waals surface area contributed by atoms with E-state index in [4.69, 9.17) is 4.84 Å². The van der Waals surface area contributed by atoms with Gasteiger partial charge in [-0.3, -0.25) is 24.0 Å². The second kappa shape index (κ2) is 9.22. The summed E-state index contributed by atoms with van der Waals surface area (Å²) in [5, 5.41) is 11.3. The summed E-state index contributed by atoms with van der Waals surface area (Å²) in [7, 11) is 1.49. The summed E-state index contributed by atoms with van der Waals surface area (Å²) in [6.45, 7) is 2.98. The lowest BCUT2D eigenvalue weighted by Crippen LogP contribution is -2.38. The lowest BCUT2D eigenvalue weighted by atomic mass is 10.1. The number of rotatable bonds is 5. The average molecular weight is 484 g/mol. The predicted octanol–water partition coefficient (Wildman–Crippen LogP) is 1.99. The molecule has 1 unspecified atom stereocenters. The normalized spacial score (nSPS) is 18.8. The Hall–Kier alpha value is -3.19. The number of halogens is 4. The summed E-state index contributed by atoms with van der Waals surface area (Å²) < 4.78 is 54.1. The topological polar surface area (TPSA) is 91.7 Å². The van der Waals surface area contributed by atoms with Gasteiger partial charge in [0.05, 0.1) is 24.5 Å². The zero-order valence-electron chi connectivity index (χ0n) is 18.6. The van der Waals surface area contributed by atoms with Gasteiger partial charge in [0.15, 0.2) is 0 Å². The molecule has 0 radical (unpaired) electrons. The molecule has 4 rings (SSSR count). The highest BCUT2D eigenvalue weighted by Gasteiger charge is 2.35. The van der Waals surface area contributed by atoms with Crippen LogP contribution in [0.1, 0.15) is 34.2 Å². The van der Waals surface area contributed by atoms with Gasteiger partial charge in [0.2, 0.25) is 5.91 Å². The minimum atomic E-state index is -4.79. The number of alkyl halides is 3. The summed E-state index contributed by atoms with van der Waals surface area (Å²) in [6.07, 6.45) is -4.73. The molecule has 1 atom stereocenters. The molecule has 2 aromatic rings. The van der Waals surface area contributed by atoms with Crippen molar-refractivity contribution < 1.29 is 32.0 Å². The van der Waals surface area contributed by atoms with E-state index in [1.165, 1.54) is 20.0 Å². The SMILES string of the molecule is CC(=O)NCC1Cn2nc3c(c2C(=O)N(C)O1)CN(CNc1ccc(F)c(C(F)(F)F)c1)CC3. The third-order valence-electron chi connectivity index (χ3n) is 5.71.